The molecule has 1 aliphatic rings. The molecule has 1 aliphatic heterocycles. The lowest BCUT2D eigenvalue weighted by Crippen LogP contribution is -2.26. The molecule has 3 rings (SSSR count). The van der Waals surface area contributed by atoms with E-state index in [0.717, 1.165) is 24.2 Å². The van der Waals surface area contributed by atoms with Gasteiger partial charge in [0.2, 0.25) is 0 Å². The van der Waals surface area contributed by atoms with Crippen molar-refractivity contribution in [2.45, 2.75) is 45.4 Å². The number of hydrogen-bond donors (Lipinski definition) is 1. The van der Waals surface area contributed by atoms with Gasteiger partial charge in [0, 0.05) is 30.5 Å². The predicted molar refractivity (Wildman–Crippen MR) is 106 cm³/mol. The van der Waals surface area contributed by atoms with Crippen LogP contribution < -0.4 is 10.2 Å². The van der Waals surface area contributed by atoms with Gasteiger partial charge in [0.25, 0.3) is 5.91 Å². The zero-order valence-electron chi connectivity index (χ0n) is 15.7. The van der Waals surface area contributed by atoms with Gasteiger partial charge >= 0.3 is 0 Å². The average molecular weight is 336 g/mol. The van der Waals surface area contributed by atoms with E-state index in [4.69, 9.17) is 0 Å². The van der Waals surface area contributed by atoms with E-state index in [0.29, 0.717) is 0 Å². The number of benzene rings is 2. The summed E-state index contributed by atoms with van der Waals surface area (Å²) < 4.78 is 0. The van der Waals surface area contributed by atoms with Crippen molar-refractivity contribution >= 4 is 17.3 Å². The number of fused-ring (bicyclic) bond motifs is 1. The van der Waals surface area contributed by atoms with E-state index < -0.39 is 0 Å². The van der Waals surface area contributed by atoms with Crippen molar-refractivity contribution in [2.24, 2.45) is 0 Å². The largest absolute Gasteiger partial charge is 0.385 e. The highest BCUT2D eigenvalue weighted by atomic mass is 16.2. The van der Waals surface area contributed by atoms with E-state index in [2.05, 4.69) is 50.4 Å². The Bertz CT molecular complexity index is 757. The Balaban J connectivity index is 1.81. The first kappa shape index (κ1) is 17.5. The molecular weight excluding hydrogens is 308 g/mol. The molecule has 0 saturated carbocycles. The summed E-state index contributed by atoms with van der Waals surface area (Å²) in [6.07, 6.45) is 3.45. The molecule has 0 aliphatic carbocycles. The first-order chi connectivity index (χ1) is 11.9. The highest BCUT2D eigenvalue weighted by Crippen LogP contribution is 2.28. The summed E-state index contributed by atoms with van der Waals surface area (Å²) in [5.41, 5.74) is 5.52. The van der Waals surface area contributed by atoms with Crippen molar-refractivity contribution in [1.82, 2.24) is 0 Å². The van der Waals surface area contributed by atoms with E-state index in [-0.39, 0.29) is 11.3 Å². The van der Waals surface area contributed by atoms with Crippen molar-refractivity contribution in [1.29, 1.82) is 0 Å². The second kappa shape index (κ2) is 6.91. The predicted octanol–water partition coefficient (Wildman–Crippen LogP) is 5.01. The Morgan fingerprint density at radius 1 is 1.04 bits per heavy atom. The van der Waals surface area contributed by atoms with Gasteiger partial charge in [-0.3, -0.25) is 4.79 Å². The van der Waals surface area contributed by atoms with E-state index >= 15 is 0 Å². The maximum absolute atomic E-state index is 12.9. The molecule has 25 heavy (non-hydrogen) atoms. The standard InChI is InChI=1S/C22H28N2O/c1-22(2,3)18-10-8-16(9-11-18)21(25)24(4)19-12-13-20-17(15-19)7-5-6-14-23-20/h8-13,15,23H,5-7,14H2,1-4H3. The van der Waals surface area contributed by atoms with E-state index in [1.807, 2.05) is 25.2 Å². The monoisotopic (exact) mass is 336 g/mol. The van der Waals surface area contributed by atoms with Crippen molar-refractivity contribution in [3.8, 4) is 0 Å². The fourth-order valence-corrected chi connectivity index (χ4v) is 3.26. The summed E-state index contributed by atoms with van der Waals surface area (Å²) in [5, 5.41) is 3.47. The van der Waals surface area contributed by atoms with Gasteiger partial charge in [-0.05, 0) is 66.1 Å². The molecule has 0 saturated heterocycles. The van der Waals surface area contributed by atoms with Crippen molar-refractivity contribution in [3.05, 3.63) is 59.2 Å². The number of nitrogens with zero attached hydrogens (tertiary/aromatic N) is 1. The quantitative estimate of drug-likeness (QED) is 0.836. The molecule has 0 fully saturated rings. The minimum atomic E-state index is 0.0296. The topological polar surface area (TPSA) is 32.3 Å². The van der Waals surface area contributed by atoms with E-state index in [1.165, 1.54) is 29.7 Å². The Labute approximate surface area is 151 Å². The number of hydrogen-bond acceptors (Lipinski definition) is 2. The molecule has 2 aromatic rings. The van der Waals surface area contributed by atoms with Crippen LogP contribution in [-0.4, -0.2) is 19.5 Å². The molecule has 0 spiro atoms. The van der Waals surface area contributed by atoms with Crippen LogP contribution in [0.1, 0.15) is 55.1 Å². The van der Waals surface area contributed by atoms with E-state index in [1.54, 1.807) is 4.90 Å². The molecule has 1 N–H and O–H groups in total. The summed E-state index contributed by atoms with van der Waals surface area (Å²) in [6.45, 7) is 7.57. The number of amides is 1. The van der Waals surface area contributed by atoms with Crippen LogP contribution in [0.5, 0.6) is 0 Å². The van der Waals surface area contributed by atoms with Gasteiger partial charge in [-0.15, -0.1) is 0 Å². The van der Waals surface area contributed by atoms with Crippen LogP contribution in [0.4, 0.5) is 11.4 Å². The average Bonchev–Trinajstić information content (AvgIpc) is 2.84. The van der Waals surface area contributed by atoms with Crippen molar-refractivity contribution in [3.63, 3.8) is 0 Å². The Hall–Kier alpha value is -2.29. The third-order valence-corrected chi connectivity index (χ3v) is 4.97. The molecular formula is C22H28N2O. The van der Waals surface area contributed by atoms with Gasteiger partial charge in [-0.1, -0.05) is 32.9 Å². The smallest absolute Gasteiger partial charge is 0.258 e. The molecule has 1 heterocycles. The molecule has 3 nitrogen and oxygen atoms in total. The van der Waals surface area contributed by atoms with Crippen LogP contribution in [-0.2, 0) is 11.8 Å². The number of carbonyl (C=O) groups excluding carboxylic acids is 1. The lowest BCUT2D eigenvalue weighted by atomic mass is 9.86. The number of anilines is 2. The van der Waals surface area contributed by atoms with Gasteiger partial charge in [-0.2, -0.15) is 0 Å². The van der Waals surface area contributed by atoms with Gasteiger partial charge in [0.1, 0.15) is 0 Å². The fraction of sp³-hybridized carbons (Fsp3) is 0.409. The van der Waals surface area contributed by atoms with Crippen LogP contribution >= 0.6 is 0 Å². The van der Waals surface area contributed by atoms with Gasteiger partial charge in [0.15, 0.2) is 0 Å². The second-order valence-electron chi connectivity index (χ2n) is 7.92. The molecule has 0 unspecified atom stereocenters. The number of carbonyl (C=O) groups is 1. The van der Waals surface area contributed by atoms with Crippen molar-refractivity contribution < 1.29 is 4.79 Å². The SMILES string of the molecule is CN(C(=O)c1ccc(C(C)(C)C)cc1)c1ccc2c(c1)CCCCN2. The summed E-state index contributed by atoms with van der Waals surface area (Å²) in [5.74, 6) is 0.0296. The highest BCUT2D eigenvalue weighted by molar-refractivity contribution is 6.05. The Morgan fingerprint density at radius 2 is 1.76 bits per heavy atom. The number of aryl methyl sites for hydroxylation is 1. The molecule has 0 bridgehead atoms. The Morgan fingerprint density at radius 3 is 2.44 bits per heavy atom. The van der Waals surface area contributed by atoms with Gasteiger partial charge in [-0.25, -0.2) is 0 Å². The summed E-state index contributed by atoms with van der Waals surface area (Å²) >= 11 is 0. The molecule has 0 aromatic heterocycles. The molecule has 132 valence electrons. The van der Waals surface area contributed by atoms with Crippen LogP contribution in [0.2, 0.25) is 0 Å². The zero-order valence-corrected chi connectivity index (χ0v) is 15.7. The number of rotatable bonds is 2. The van der Waals surface area contributed by atoms with Crippen LogP contribution in [0.15, 0.2) is 42.5 Å². The van der Waals surface area contributed by atoms with Crippen LogP contribution in [0.25, 0.3) is 0 Å². The molecule has 0 atom stereocenters. The fourth-order valence-electron chi connectivity index (χ4n) is 3.26. The minimum Gasteiger partial charge on any atom is -0.385 e. The summed E-state index contributed by atoms with van der Waals surface area (Å²) in [6, 6.07) is 14.3. The van der Waals surface area contributed by atoms with Gasteiger partial charge < -0.3 is 10.2 Å². The van der Waals surface area contributed by atoms with Crippen molar-refractivity contribution in [2.75, 3.05) is 23.8 Å². The first-order valence-corrected chi connectivity index (χ1v) is 9.12. The maximum atomic E-state index is 12.9. The third-order valence-electron chi connectivity index (χ3n) is 4.97. The highest BCUT2D eigenvalue weighted by Gasteiger charge is 2.18. The first-order valence-electron chi connectivity index (χ1n) is 9.12. The summed E-state index contributed by atoms with van der Waals surface area (Å²) in [4.78, 5) is 14.6. The zero-order chi connectivity index (χ0) is 18.0. The second-order valence-corrected chi connectivity index (χ2v) is 7.92. The molecule has 0 radical (unpaired) electrons. The molecule has 2 aromatic carbocycles. The van der Waals surface area contributed by atoms with Gasteiger partial charge in [0.05, 0.1) is 0 Å². The van der Waals surface area contributed by atoms with Crippen LogP contribution in [0, 0.1) is 0 Å². The Kier molecular flexibility index (Phi) is 4.85. The van der Waals surface area contributed by atoms with E-state index in [9.17, 15) is 4.79 Å². The third kappa shape index (κ3) is 3.87. The molecule has 1 amide bonds. The summed E-state index contributed by atoms with van der Waals surface area (Å²) in [7, 11) is 1.85. The maximum Gasteiger partial charge on any atom is 0.258 e. The lowest BCUT2D eigenvalue weighted by Gasteiger charge is -2.21. The number of nitrogens with one attached hydrogen (secondary N) is 1. The minimum absolute atomic E-state index is 0.0296. The van der Waals surface area contributed by atoms with Crippen LogP contribution in [0.3, 0.4) is 0 Å². The molecule has 3 heteroatoms. The lowest BCUT2D eigenvalue weighted by molar-refractivity contribution is 0.0993. The normalized spacial score (nSPS) is 14.2.